The van der Waals surface area contributed by atoms with Crippen LogP contribution in [0.1, 0.15) is 23.3 Å². The maximum atomic E-state index is 14.2. The van der Waals surface area contributed by atoms with Crippen LogP contribution in [0.25, 0.3) is 10.2 Å². The van der Waals surface area contributed by atoms with Crippen molar-refractivity contribution in [3.63, 3.8) is 0 Å². The van der Waals surface area contributed by atoms with E-state index in [-0.39, 0.29) is 11.4 Å². The first-order valence-electron chi connectivity index (χ1n) is 11.0. The second-order valence-electron chi connectivity index (χ2n) is 8.18. The van der Waals surface area contributed by atoms with Crippen LogP contribution >= 0.6 is 11.3 Å². The standard InChI is InChI=1S/C23H27FN4O2S/c1-30-15-14-28-22(29)20-16-6-2-5-9-19(16)31-21(20)25-23(28)27-12-10-26(11-13-27)18-8-4-3-7-17(18)24/h3-4,7-8H,2,5-6,9-15H2,1H3. The molecule has 0 N–H and O–H groups in total. The Kier molecular flexibility index (Phi) is 5.67. The van der Waals surface area contributed by atoms with E-state index in [1.54, 1.807) is 29.1 Å². The summed E-state index contributed by atoms with van der Waals surface area (Å²) in [6, 6.07) is 6.89. The molecular weight excluding hydrogens is 415 g/mol. The van der Waals surface area contributed by atoms with Gasteiger partial charge in [-0.15, -0.1) is 11.3 Å². The summed E-state index contributed by atoms with van der Waals surface area (Å²) in [6.45, 7) is 3.67. The fourth-order valence-electron chi connectivity index (χ4n) is 4.71. The van der Waals surface area contributed by atoms with Gasteiger partial charge in [0, 0.05) is 38.2 Å². The molecule has 0 spiro atoms. The Hall–Kier alpha value is -2.45. The molecule has 8 heteroatoms. The van der Waals surface area contributed by atoms with Crippen LogP contribution < -0.4 is 15.4 Å². The van der Waals surface area contributed by atoms with Gasteiger partial charge >= 0.3 is 0 Å². The number of anilines is 2. The molecule has 5 rings (SSSR count). The van der Waals surface area contributed by atoms with Gasteiger partial charge < -0.3 is 14.5 Å². The lowest BCUT2D eigenvalue weighted by Crippen LogP contribution is -2.48. The van der Waals surface area contributed by atoms with Crippen molar-refractivity contribution >= 4 is 33.2 Å². The number of aryl methyl sites for hydroxylation is 2. The van der Waals surface area contributed by atoms with Gasteiger partial charge in [0.25, 0.3) is 5.56 Å². The normalized spacial score (nSPS) is 16.7. The molecule has 1 saturated heterocycles. The highest BCUT2D eigenvalue weighted by atomic mass is 32.1. The summed E-state index contributed by atoms with van der Waals surface area (Å²) in [5, 5.41) is 0.810. The lowest BCUT2D eigenvalue weighted by molar-refractivity contribution is 0.186. The third-order valence-corrected chi connectivity index (χ3v) is 7.52. The molecule has 2 aromatic heterocycles. The van der Waals surface area contributed by atoms with E-state index in [1.165, 1.54) is 22.9 Å². The average Bonchev–Trinajstić information content (AvgIpc) is 3.17. The van der Waals surface area contributed by atoms with Gasteiger partial charge in [-0.3, -0.25) is 9.36 Å². The molecule has 1 aromatic carbocycles. The van der Waals surface area contributed by atoms with Gasteiger partial charge in [0.1, 0.15) is 10.6 Å². The molecule has 0 unspecified atom stereocenters. The zero-order valence-corrected chi connectivity index (χ0v) is 18.6. The van der Waals surface area contributed by atoms with Crippen molar-refractivity contribution in [2.45, 2.75) is 32.2 Å². The number of thiophene rings is 1. The molecule has 0 amide bonds. The number of hydrogen-bond donors (Lipinski definition) is 0. The minimum Gasteiger partial charge on any atom is -0.383 e. The van der Waals surface area contributed by atoms with Crippen molar-refractivity contribution in [3.05, 3.63) is 50.9 Å². The number of fused-ring (bicyclic) bond motifs is 3. The van der Waals surface area contributed by atoms with E-state index in [4.69, 9.17) is 9.72 Å². The molecule has 2 aliphatic rings. The molecule has 3 aromatic rings. The minimum atomic E-state index is -0.198. The number of hydrogen-bond acceptors (Lipinski definition) is 6. The quantitative estimate of drug-likeness (QED) is 0.606. The lowest BCUT2D eigenvalue weighted by atomic mass is 9.97. The first-order valence-corrected chi connectivity index (χ1v) is 11.8. The Labute approximate surface area is 184 Å². The highest BCUT2D eigenvalue weighted by Gasteiger charge is 2.26. The van der Waals surface area contributed by atoms with Gasteiger partial charge in [-0.2, -0.15) is 0 Å². The molecule has 164 valence electrons. The molecule has 31 heavy (non-hydrogen) atoms. The van der Waals surface area contributed by atoms with Crippen LogP contribution in [0.5, 0.6) is 0 Å². The SMILES string of the molecule is COCCn1c(N2CCN(c3ccccc3F)CC2)nc2sc3c(c2c1=O)CCCC3. The number of benzene rings is 1. The second-order valence-corrected chi connectivity index (χ2v) is 9.26. The second kappa shape index (κ2) is 8.59. The van der Waals surface area contributed by atoms with Crippen LogP contribution in [0.3, 0.4) is 0 Å². The summed E-state index contributed by atoms with van der Waals surface area (Å²) in [7, 11) is 1.65. The summed E-state index contributed by atoms with van der Waals surface area (Å²) in [5.41, 5.74) is 1.90. The molecule has 0 atom stereocenters. The van der Waals surface area contributed by atoms with Gasteiger partial charge in [0.15, 0.2) is 0 Å². The minimum absolute atomic E-state index is 0.0491. The van der Waals surface area contributed by atoms with E-state index < -0.39 is 0 Å². The number of nitrogens with zero attached hydrogens (tertiary/aromatic N) is 4. The highest BCUT2D eigenvalue weighted by Crippen LogP contribution is 2.35. The highest BCUT2D eigenvalue weighted by molar-refractivity contribution is 7.18. The Morgan fingerprint density at radius 1 is 1.10 bits per heavy atom. The fraction of sp³-hybridized carbons (Fsp3) is 0.478. The smallest absolute Gasteiger partial charge is 0.264 e. The van der Waals surface area contributed by atoms with Gasteiger partial charge in [-0.1, -0.05) is 12.1 Å². The Balaban J connectivity index is 1.49. The van der Waals surface area contributed by atoms with Crippen molar-refractivity contribution in [2.24, 2.45) is 0 Å². The van der Waals surface area contributed by atoms with Crippen molar-refractivity contribution in [1.82, 2.24) is 9.55 Å². The van der Waals surface area contributed by atoms with Crippen LogP contribution in [0, 0.1) is 5.82 Å². The summed E-state index contributed by atoms with van der Waals surface area (Å²) >= 11 is 1.68. The Bertz CT molecular complexity index is 1150. The maximum Gasteiger partial charge on any atom is 0.264 e. The molecule has 0 radical (unpaired) electrons. The number of ether oxygens (including phenoxy) is 1. The Morgan fingerprint density at radius 2 is 1.84 bits per heavy atom. The molecule has 1 aliphatic carbocycles. The van der Waals surface area contributed by atoms with E-state index in [1.807, 2.05) is 12.1 Å². The van der Waals surface area contributed by atoms with Crippen LogP contribution in [0.4, 0.5) is 16.0 Å². The number of aromatic nitrogens is 2. The first-order chi connectivity index (χ1) is 15.2. The maximum absolute atomic E-state index is 14.2. The van der Waals surface area contributed by atoms with E-state index in [9.17, 15) is 9.18 Å². The molecule has 3 heterocycles. The van der Waals surface area contributed by atoms with Crippen LogP contribution in [-0.4, -0.2) is 49.4 Å². The number of piperazine rings is 1. The fourth-order valence-corrected chi connectivity index (χ4v) is 5.96. The van der Waals surface area contributed by atoms with Crippen molar-refractivity contribution < 1.29 is 9.13 Å². The van der Waals surface area contributed by atoms with E-state index >= 15 is 0 Å². The van der Waals surface area contributed by atoms with E-state index in [0.717, 1.165) is 29.5 Å². The molecule has 1 aliphatic heterocycles. The summed E-state index contributed by atoms with van der Waals surface area (Å²) in [4.78, 5) is 24.9. The van der Waals surface area contributed by atoms with Crippen molar-refractivity contribution in [1.29, 1.82) is 0 Å². The summed E-state index contributed by atoms with van der Waals surface area (Å²) in [5.74, 6) is 0.512. The van der Waals surface area contributed by atoms with E-state index in [0.29, 0.717) is 51.0 Å². The number of para-hydroxylation sites is 1. The first kappa shape index (κ1) is 20.5. The number of halogens is 1. The third-order valence-electron chi connectivity index (χ3n) is 6.33. The topological polar surface area (TPSA) is 50.6 Å². The Morgan fingerprint density at radius 3 is 2.61 bits per heavy atom. The van der Waals surface area contributed by atoms with Gasteiger partial charge in [-0.05, 0) is 43.4 Å². The zero-order chi connectivity index (χ0) is 21.4. The lowest BCUT2D eigenvalue weighted by Gasteiger charge is -2.37. The largest absolute Gasteiger partial charge is 0.383 e. The average molecular weight is 443 g/mol. The van der Waals surface area contributed by atoms with Crippen LogP contribution in [0.15, 0.2) is 29.1 Å². The van der Waals surface area contributed by atoms with Crippen molar-refractivity contribution in [3.8, 4) is 0 Å². The summed E-state index contributed by atoms with van der Waals surface area (Å²) < 4.78 is 21.3. The monoisotopic (exact) mass is 442 g/mol. The molecule has 0 bridgehead atoms. The molecule has 6 nitrogen and oxygen atoms in total. The van der Waals surface area contributed by atoms with E-state index in [2.05, 4.69) is 9.80 Å². The predicted molar refractivity (Wildman–Crippen MR) is 123 cm³/mol. The van der Waals surface area contributed by atoms with Gasteiger partial charge in [0.05, 0.1) is 24.2 Å². The molecule has 0 saturated carbocycles. The van der Waals surface area contributed by atoms with Crippen LogP contribution in [0.2, 0.25) is 0 Å². The summed E-state index contributed by atoms with van der Waals surface area (Å²) in [6.07, 6.45) is 4.33. The van der Waals surface area contributed by atoms with Crippen LogP contribution in [-0.2, 0) is 24.1 Å². The van der Waals surface area contributed by atoms with Gasteiger partial charge in [-0.25, -0.2) is 9.37 Å². The number of methoxy groups -OCH3 is 1. The molecule has 1 fully saturated rings. The zero-order valence-electron chi connectivity index (χ0n) is 17.8. The predicted octanol–water partition coefficient (Wildman–Crippen LogP) is 3.45. The molecular formula is C23H27FN4O2S. The number of rotatable bonds is 5. The van der Waals surface area contributed by atoms with Crippen molar-refractivity contribution in [2.75, 3.05) is 49.7 Å². The third kappa shape index (κ3) is 3.72. The van der Waals surface area contributed by atoms with Gasteiger partial charge in [0.2, 0.25) is 5.95 Å².